The SMILES string of the molecule is CNC(=O)Cc1c(C(F)(F)F)c2ccc(N)cc2[nH]c1=O. The molecule has 0 aliphatic carbocycles. The number of carbonyl (C=O) groups excluding carboxylic acids is 1. The smallest absolute Gasteiger partial charge is 0.399 e. The van der Waals surface area contributed by atoms with Crippen molar-refractivity contribution in [2.24, 2.45) is 0 Å². The number of hydrogen-bond acceptors (Lipinski definition) is 3. The number of nitrogens with two attached hydrogens (primary N) is 1. The number of rotatable bonds is 2. The zero-order chi connectivity index (χ0) is 15.8. The van der Waals surface area contributed by atoms with Gasteiger partial charge in [-0.05, 0) is 12.1 Å². The summed E-state index contributed by atoms with van der Waals surface area (Å²) in [6.45, 7) is 0. The van der Waals surface area contributed by atoms with Crippen molar-refractivity contribution in [2.75, 3.05) is 12.8 Å². The molecule has 0 fully saturated rings. The number of alkyl halides is 3. The summed E-state index contributed by atoms with van der Waals surface area (Å²) in [5.41, 5.74) is 3.04. The molecule has 0 atom stereocenters. The Morgan fingerprint density at radius 2 is 2.05 bits per heavy atom. The van der Waals surface area contributed by atoms with Gasteiger partial charge in [-0.15, -0.1) is 0 Å². The van der Waals surface area contributed by atoms with Crippen molar-refractivity contribution < 1.29 is 18.0 Å². The van der Waals surface area contributed by atoms with Gasteiger partial charge in [-0.3, -0.25) is 9.59 Å². The maximum absolute atomic E-state index is 13.3. The number of likely N-dealkylation sites (N-methyl/N-ethyl adjacent to an activating group) is 1. The topological polar surface area (TPSA) is 88.0 Å². The summed E-state index contributed by atoms with van der Waals surface area (Å²) in [6, 6.07) is 3.73. The van der Waals surface area contributed by atoms with Gasteiger partial charge in [0.25, 0.3) is 5.56 Å². The first-order valence-electron chi connectivity index (χ1n) is 5.96. The number of hydrogen-bond donors (Lipinski definition) is 3. The summed E-state index contributed by atoms with van der Waals surface area (Å²) in [7, 11) is 1.28. The van der Waals surface area contributed by atoms with E-state index in [1.54, 1.807) is 0 Å². The van der Waals surface area contributed by atoms with Gasteiger partial charge in [0, 0.05) is 23.7 Å². The first-order chi connectivity index (χ1) is 9.74. The first-order valence-corrected chi connectivity index (χ1v) is 5.96. The second kappa shape index (κ2) is 5.12. The lowest BCUT2D eigenvalue weighted by Gasteiger charge is -2.15. The Bertz CT molecular complexity index is 766. The Labute approximate surface area is 117 Å². The van der Waals surface area contributed by atoms with E-state index in [9.17, 15) is 22.8 Å². The fraction of sp³-hybridized carbons (Fsp3) is 0.231. The van der Waals surface area contributed by atoms with E-state index in [-0.39, 0.29) is 16.6 Å². The molecule has 2 aromatic rings. The second-order valence-corrected chi connectivity index (χ2v) is 4.46. The number of fused-ring (bicyclic) bond motifs is 1. The molecule has 0 bridgehead atoms. The van der Waals surface area contributed by atoms with E-state index in [0.717, 1.165) is 0 Å². The minimum Gasteiger partial charge on any atom is -0.399 e. The molecule has 0 aliphatic rings. The number of halogens is 3. The van der Waals surface area contributed by atoms with Gasteiger partial charge in [0.15, 0.2) is 0 Å². The minimum absolute atomic E-state index is 0.0204. The molecule has 0 radical (unpaired) electrons. The van der Waals surface area contributed by atoms with Crippen molar-refractivity contribution in [1.29, 1.82) is 0 Å². The number of pyridine rings is 1. The van der Waals surface area contributed by atoms with Gasteiger partial charge in [0.05, 0.1) is 17.5 Å². The summed E-state index contributed by atoms with van der Waals surface area (Å²) in [4.78, 5) is 25.6. The van der Waals surface area contributed by atoms with Crippen LogP contribution in [0.1, 0.15) is 11.1 Å². The van der Waals surface area contributed by atoms with Crippen LogP contribution in [-0.2, 0) is 17.4 Å². The first kappa shape index (κ1) is 14.9. The molecule has 112 valence electrons. The highest BCUT2D eigenvalue weighted by atomic mass is 19.4. The summed E-state index contributed by atoms with van der Waals surface area (Å²) in [5.74, 6) is -0.680. The molecule has 21 heavy (non-hydrogen) atoms. The number of anilines is 1. The molecule has 0 spiro atoms. The van der Waals surface area contributed by atoms with Gasteiger partial charge in [0.2, 0.25) is 5.91 Å². The maximum Gasteiger partial charge on any atom is 0.417 e. The lowest BCUT2D eigenvalue weighted by molar-refractivity contribution is -0.137. The van der Waals surface area contributed by atoms with E-state index >= 15 is 0 Å². The predicted octanol–water partition coefficient (Wildman–Crippen LogP) is 1.42. The minimum atomic E-state index is -4.76. The molecule has 1 aromatic heterocycles. The summed E-state index contributed by atoms with van der Waals surface area (Å²) >= 11 is 0. The Hall–Kier alpha value is -2.51. The Morgan fingerprint density at radius 1 is 1.38 bits per heavy atom. The number of amides is 1. The van der Waals surface area contributed by atoms with Crippen molar-refractivity contribution in [3.05, 3.63) is 39.7 Å². The van der Waals surface area contributed by atoms with Crippen LogP contribution in [0.15, 0.2) is 23.0 Å². The highest BCUT2D eigenvalue weighted by Crippen LogP contribution is 2.36. The Kier molecular flexibility index (Phi) is 3.63. The number of nitrogens with one attached hydrogen (secondary N) is 2. The summed E-state index contributed by atoms with van der Waals surface area (Å²) < 4.78 is 39.9. The molecular formula is C13H12F3N3O2. The Balaban J connectivity index is 2.84. The number of carbonyl (C=O) groups is 1. The van der Waals surface area contributed by atoms with Crippen LogP contribution >= 0.6 is 0 Å². The monoisotopic (exact) mass is 299 g/mol. The van der Waals surface area contributed by atoms with Crippen LogP contribution in [0.5, 0.6) is 0 Å². The van der Waals surface area contributed by atoms with E-state index < -0.39 is 35.2 Å². The van der Waals surface area contributed by atoms with E-state index in [4.69, 9.17) is 5.73 Å². The number of aromatic nitrogens is 1. The van der Waals surface area contributed by atoms with Gasteiger partial charge in [-0.1, -0.05) is 6.07 Å². The van der Waals surface area contributed by atoms with Crippen molar-refractivity contribution in [2.45, 2.75) is 12.6 Å². The molecule has 0 saturated carbocycles. The lowest BCUT2D eigenvalue weighted by Crippen LogP contribution is -2.28. The van der Waals surface area contributed by atoms with E-state index in [1.807, 2.05) is 0 Å². The Morgan fingerprint density at radius 3 is 2.62 bits per heavy atom. The van der Waals surface area contributed by atoms with Crippen molar-refractivity contribution in [1.82, 2.24) is 10.3 Å². The van der Waals surface area contributed by atoms with Gasteiger partial charge in [0.1, 0.15) is 0 Å². The summed E-state index contributed by atoms with van der Waals surface area (Å²) in [6.07, 6.45) is -5.41. The third kappa shape index (κ3) is 2.83. The third-order valence-electron chi connectivity index (χ3n) is 3.04. The molecular weight excluding hydrogens is 287 g/mol. The molecule has 0 aliphatic heterocycles. The highest BCUT2D eigenvalue weighted by Gasteiger charge is 2.37. The number of aromatic amines is 1. The average Bonchev–Trinajstić information content (AvgIpc) is 2.37. The van der Waals surface area contributed by atoms with Crippen LogP contribution in [0.3, 0.4) is 0 Å². The summed E-state index contributed by atoms with van der Waals surface area (Å²) in [5, 5.41) is 2.00. The quantitative estimate of drug-likeness (QED) is 0.733. The largest absolute Gasteiger partial charge is 0.417 e. The van der Waals surface area contributed by atoms with Crippen molar-refractivity contribution >= 4 is 22.5 Å². The van der Waals surface area contributed by atoms with E-state index in [2.05, 4.69) is 10.3 Å². The molecule has 5 nitrogen and oxygen atoms in total. The zero-order valence-corrected chi connectivity index (χ0v) is 11.0. The molecule has 0 saturated heterocycles. The number of H-pyrrole nitrogens is 1. The zero-order valence-electron chi connectivity index (χ0n) is 11.0. The van der Waals surface area contributed by atoms with Crippen LogP contribution in [0.4, 0.5) is 18.9 Å². The molecule has 0 unspecified atom stereocenters. The van der Waals surface area contributed by atoms with Gasteiger partial charge >= 0.3 is 6.18 Å². The predicted molar refractivity (Wildman–Crippen MR) is 71.8 cm³/mol. The van der Waals surface area contributed by atoms with Crippen molar-refractivity contribution in [3.63, 3.8) is 0 Å². The molecule has 4 N–H and O–H groups in total. The van der Waals surface area contributed by atoms with Crippen LogP contribution in [0.2, 0.25) is 0 Å². The molecule has 8 heteroatoms. The van der Waals surface area contributed by atoms with Gasteiger partial charge in [-0.2, -0.15) is 13.2 Å². The maximum atomic E-state index is 13.3. The fourth-order valence-corrected chi connectivity index (χ4v) is 2.10. The average molecular weight is 299 g/mol. The lowest BCUT2D eigenvalue weighted by atomic mass is 10.00. The fourth-order valence-electron chi connectivity index (χ4n) is 2.10. The van der Waals surface area contributed by atoms with Gasteiger partial charge in [-0.25, -0.2) is 0 Å². The second-order valence-electron chi connectivity index (χ2n) is 4.46. The van der Waals surface area contributed by atoms with Crippen LogP contribution in [0, 0.1) is 0 Å². The van der Waals surface area contributed by atoms with Crippen LogP contribution < -0.4 is 16.6 Å². The molecule has 1 aromatic carbocycles. The number of nitrogen functional groups attached to an aromatic ring is 1. The molecule has 2 rings (SSSR count). The highest BCUT2D eigenvalue weighted by molar-refractivity contribution is 5.88. The molecule has 1 heterocycles. The van der Waals surface area contributed by atoms with Gasteiger partial charge < -0.3 is 16.0 Å². The van der Waals surface area contributed by atoms with Crippen LogP contribution in [-0.4, -0.2) is 17.9 Å². The van der Waals surface area contributed by atoms with Crippen LogP contribution in [0.25, 0.3) is 10.9 Å². The number of benzene rings is 1. The van der Waals surface area contributed by atoms with Crippen molar-refractivity contribution in [3.8, 4) is 0 Å². The standard InChI is InChI=1S/C13H12F3N3O2/c1-18-10(20)5-8-11(13(14,15)16)7-3-2-6(17)4-9(7)19-12(8)21/h2-4H,5,17H2,1H3,(H,18,20)(H,19,21). The normalized spacial score (nSPS) is 11.6. The van der Waals surface area contributed by atoms with E-state index in [1.165, 1.54) is 25.2 Å². The van der Waals surface area contributed by atoms with E-state index in [0.29, 0.717) is 0 Å². The molecule has 1 amide bonds. The third-order valence-corrected chi connectivity index (χ3v) is 3.04.